The second-order valence-corrected chi connectivity index (χ2v) is 5.75. The molecule has 2 rings (SSSR count). The maximum Gasteiger partial charge on any atom is 0.313 e. The third-order valence-electron chi connectivity index (χ3n) is 4.26. The van der Waals surface area contributed by atoms with Gasteiger partial charge in [-0.3, -0.25) is 4.79 Å². The summed E-state index contributed by atoms with van der Waals surface area (Å²) in [5.41, 5.74) is 1.80. The maximum atomic E-state index is 12.1. The highest BCUT2D eigenvalue weighted by Crippen LogP contribution is 2.44. The van der Waals surface area contributed by atoms with Crippen molar-refractivity contribution in [3.63, 3.8) is 0 Å². The molecule has 1 N–H and O–H groups in total. The fourth-order valence-electron chi connectivity index (χ4n) is 3.21. The van der Waals surface area contributed by atoms with Gasteiger partial charge in [-0.2, -0.15) is 0 Å². The number of fused-ring (bicyclic) bond motifs is 1. The van der Waals surface area contributed by atoms with Gasteiger partial charge in [0.05, 0.1) is 12.5 Å². The van der Waals surface area contributed by atoms with Crippen LogP contribution in [0.25, 0.3) is 0 Å². The molecule has 0 unspecified atom stereocenters. The summed E-state index contributed by atoms with van der Waals surface area (Å²) in [5.74, 6) is 0.744. The zero-order chi connectivity index (χ0) is 13.3. The molecule has 0 amide bonds. The van der Waals surface area contributed by atoms with Gasteiger partial charge in [-0.1, -0.05) is 32.1 Å². The topological polar surface area (TPSA) is 46.5 Å². The largest absolute Gasteiger partial charge is 0.461 e. The number of ether oxygens (including phenoxy) is 1. The molecule has 0 aromatic carbocycles. The van der Waals surface area contributed by atoms with E-state index in [2.05, 4.69) is 26.5 Å². The fraction of sp³-hybridized carbons (Fsp3) is 0.667. The van der Waals surface area contributed by atoms with E-state index in [1.54, 1.807) is 0 Å². The third kappa shape index (κ3) is 2.37. The minimum atomic E-state index is -0.213. The van der Waals surface area contributed by atoms with Crippen LogP contribution in [0, 0.1) is 23.7 Å². The molecule has 3 nitrogen and oxygen atoms in total. The highest BCUT2D eigenvalue weighted by Gasteiger charge is 2.41. The summed E-state index contributed by atoms with van der Waals surface area (Å²) in [6, 6.07) is 0. The summed E-state index contributed by atoms with van der Waals surface area (Å²) in [4.78, 5) is 12.1. The van der Waals surface area contributed by atoms with Crippen LogP contribution in [0.5, 0.6) is 0 Å². The SMILES string of the molecule is C=C1CC[C@H](C(C)C)[C@H]2C=C(CO)COC(=O)[C@H]12. The molecular formula is C15H22O3. The normalized spacial score (nSPS) is 32.7. The van der Waals surface area contributed by atoms with Gasteiger partial charge in [0.15, 0.2) is 0 Å². The Hall–Kier alpha value is -1.09. The monoisotopic (exact) mass is 250 g/mol. The van der Waals surface area contributed by atoms with Crippen LogP contribution in [-0.2, 0) is 9.53 Å². The summed E-state index contributed by atoms with van der Waals surface area (Å²) in [6.45, 7) is 8.62. The van der Waals surface area contributed by atoms with Gasteiger partial charge in [-0.05, 0) is 36.2 Å². The first-order chi connectivity index (χ1) is 8.54. The summed E-state index contributed by atoms with van der Waals surface area (Å²) in [6.07, 6.45) is 4.03. The van der Waals surface area contributed by atoms with Gasteiger partial charge in [-0.25, -0.2) is 0 Å². The molecular weight excluding hydrogens is 228 g/mol. The van der Waals surface area contributed by atoms with Crippen LogP contribution in [0.3, 0.4) is 0 Å². The fourth-order valence-corrected chi connectivity index (χ4v) is 3.21. The van der Waals surface area contributed by atoms with E-state index in [4.69, 9.17) is 4.74 Å². The molecule has 1 aliphatic heterocycles. The van der Waals surface area contributed by atoms with Crippen molar-refractivity contribution in [1.29, 1.82) is 0 Å². The van der Waals surface area contributed by atoms with Gasteiger partial charge in [0.2, 0.25) is 0 Å². The molecule has 1 fully saturated rings. The molecule has 0 radical (unpaired) electrons. The molecule has 1 heterocycles. The minimum absolute atomic E-state index is 0.0339. The molecule has 0 aromatic rings. The Morgan fingerprint density at radius 3 is 2.89 bits per heavy atom. The van der Waals surface area contributed by atoms with Crippen LogP contribution in [-0.4, -0.2) is 24.3 Å². The summed E-state index contributed by atoms with van der Waals surface area (Å²) in [5, 5.41) is 9.30. The highest BCUT2D eigenvalue weighted by molar-refractivity contribution is 5.77. The maximum absolute atomic E-state index is 12.1. The second kappa shape index (κ2) is 5.27. The van der Waals surface area contributed by atoms with Crippen molar-refractivity contribution in [2.24, 2.45) is 23.7 Å². The van der Waals surface area contributed by atoms with Gasteiger partial charge in [0.1, 0.15) is 6.61 Å². The standard InChI is InChI=1S/C15H22O3/c1-9(2)12-5-4-10(3)14-13(12)6-11(7-16)8-18-15(14)17/h6,9,12-14,16H,3-5,7-8H2,1-2H3/t12-,13-,14-/m1/s1. The summed E-state index contributed by atoms with van der Waals surface area (Å²) < 4.78 is 5.25. The van der Waals surface area contributed by atoms with E-state index in [1.807, 2.05) is 0 Å². The lowest BCUT2D eigenvalue weighted by Crippen LogP contribution is -2.36. The van der Waals surface area contributed by atoms with Gasteiger partial charge in [-0.15, -0.1) is 0 Å². The van der Waals surface area contributed by atoms with Crippen molar-refractivity contribution in [2.75, 3.05) is 13.2 Å². The van der Waals surface area contributed by atoms with Gasteiger partial charge in [0, 0.05) is 0 Å². The van der Waals surface area contributed by atoms with Crippen molar-refractivity contribution in [1.82, 2.24) is 0 Å². The smallest absolute Gasteiger partial charge is 0.313 e. The number of aliphatic hydroxyl groups is 1. The van der Waals surface area contributed by atoms with Crippen LogP contribution >= 0.6 is 0 Å². The van der Waals surface area contributed by atoms with E-state index >= 15 is 0 Å². The number of aliphatic hydroxyl groups excluding tert-OH is 1. The number of cyclic esters (lactones) is 1. The second-order valence-electron chi connectivity index (χ2n) is 5.75. The molecule has 18 heavy (non-hydrogen) atoms. The Morgan fingerprint density at radius 1 is 1.56 bits per heavy atom. The van der Waals surface area contributed by atoms with Crippen LogP contribution in [0.4, 0.5) is 0 Å². The Kier molecular flexibility index (Phi) is 3.91. The average Bonchev–Trinajstić information content (AvgIpc) is 2.49. The first-order valence-corrected chi connectivity index (χ1v) is 6.69. The van der Waals surface area contributed by atoms with E-state index < -0.39 is 0 Å². The lowest BCUT2D eigenvalue weighted by Gasteiger charge is -2.38. The zero-order valence-corrected chi connectivity index (χ0v) is 11.2. The average molecular weight is 250 g/mol. The van der Waals surface area contributed by atoms with E-state index in [1.165, 1.54) is 0 Å². The van der Waals surface area contributed by atoms with Crippen LogP contribution in [0.1, 0.15) is 26.7 Å². The Bertz CT molecular complexity index is 381. The van der Waals surface area contributed by atoms with Crippen molar-refractivity contribution in [3.05, 3.63) is 23.8 Å². The van der Waals surface area contributed by atoms with Crippen LogP contribution < -0.4 is 0 Å². The molecule has 0 bridgehead atoms. The Morgan fingerprint density at radius 2 is 2.28 bits per heavy atom. The quantitative estimate of drug-likeness (QED) is 0.604. The minimum Gasteiger partial charge on any atom is -0.461 e. The molecule has 3 atom stereocenters. The number of carbonyl (C=O) groups excluding carboxylic acids is 1. The highest BCUT2D eigenvalue weighted by atomic mass is 16.5. The molecule has 0 aromatic heterocycles. The van der Waals surface area contributed by atoms with Crippen molar-refractivity contribution < 1.29 is 14.6 Å². The molecule has 1 saturated carbocycles. The summed E-state index contributed by atoms with van der Waals surface area (Å²) in [7, 11) is 0. The van der Waals surface area contributed by atoms with Crippen molar-refractivity contribution >= 4 is 5.97 Å². The number of allylic oxidation sites excluding steroid dienone is 1. The lowest BCUT2D eigenvalue weighted by atomic mass is 9.66. The van der Waals surface area contributed by atoms with Crippen molar-refractivity contribution in [2.45, 2.75) is 26.7 Å². The predicted molar refractivity (Wildman–Crippen MR) is 69.8 cm³/mol. The molecule has 0 spiro atoms. The molecule has 100 valence electrons. The van der Waals surface area contributed by atoms with Crippen LogP contribution in [0.2, 0.25) is 0 Å². The number of esters is 1. The summed E-state index contributed by atoms with van der Waals surface area (Å²) >= 11 is 0. The Balaban J connectivity index is 2.37. The third-order valence-corrected chi connectivity index (χ3v) is 4.26. The van der Waals surface area contributed by atoms with Crippen molar-refractivity contribution in [3.8, 4) is 0 Å². The lowest BCUT2D eigenvalue weighted by molar-refractivity contribution is -0.148. The van der Waals surface area contributed by atoms with E-state index in [0.717, 1.165) is 24.0 Å². The molecule has 0 saturated heterocycles. The number of carbonyl (C=O) groups is 1. The van der Waals surface area contributed by atoms with E-state index in [0.29, 0.717) is 11.8 Å². The zero-order valence-electron chi connectivity index (χ0n) is 11.2. The molecule has 2 aliphatic rings. The van der Waals surface area contributed by atoms with Gasteiger partial charge < -0.3 is 9.84 Å². The molecule has 3 heteroatoms. The number of rotatable bonds is 2. The number of hydrogen-bond acceptors (Lipinski definition) is 3. The number of hydrogen-bond donors (Lipinski definition) is 1. The van der Waals surface area contributed by atoms with Gasteiger partial charge in [0.25, 0.3) is 0 Å². The molecule has 1 aliphatic carbocycles. The van der Waals surface area contributed by atoms with E-state index in [-0.39, 0.29) is 31.0 Å². The predicted octanol–water partition coefficient (Wildman–Crippen LogP) is 2.32. The Labute approximate surface area is 109 Å². The first-order valence-electron chi connectivity index (χ1n) is 6.69. The van der Waals surface area contributed by atoms with E-state index in [9.17, 15) is 9.90 Å². The van der Waals surface area contributed by atoms with Gasteiger partial charge >= 0.3 is 5.97 Å². The van der Waals surface area contributed by atoms with Crippen LogP contribution in [0.15, 0.2) is 23.8 Å². The first kappa shape index (κ1) is 13.3.